The van der Waals surface area contributed by atoms with Crippen LogP contribution in [0, 0.1) is 0 Å². The lowest BCUT2D eigenvalue weighted by atomic mass is 10.1. The van der Waals surface area contributed by atoms with Crippen molar-refractivity contribution in [3.63, 3.8) is 0 Å². The summed E-state index contributed by atoms with van der Waals surface area (Å²) in [5, 5.41) is 4.24. The smallest absolute Gasteiger partial charge is 0.163 e. The first-order valence-corrected chi connectivity index (χ1v) is 5.46. The van der Waals surface area contributed by atoms with Crippen molar-refractivity contribution in [2.24, 2.45) is 0 Å². The molecule has 0 N–H and O–H groups in total. The molecule has 0 amide bonds. The van der Waals surface area contributed by atoms with Gasteiger partial charge < -0.3 is 0 Å². The summed E-state index contributed by atoms with van der Waals surface area (Å²) < 4.78 is 1.84. The van der Waals surface area contributed by atoms with Crippen molar-refractivity contribution in [1.82, 2.24) is 19.7 Å². The van der Waals surface area contributed by atoms with Crippen LogP contribution in [0.4, 0.5) is 0 Å². The van der Waals surface area contributed by atoms with Gasteiger partial charge in [-0.2, -0.15) is 5.10 Å². The maximum atomic E-state index is 11.5. The highest BCUT2D eigenvalue weighted by atomic mass is 16.1. The highest BCUT2D eigenvalue weighted by molar-refractivity contribution is 5.99. The number of carbonyl (C=O) groups excluding carboxylic acids is 1. The van der Waals surface area contributed by atoms with E-state index in [9.17, 15) is 4.79 Å². The minimum Gasteiger partial charge on any atom is -0.294 e. The van der Waals surface area contributed by atoms with Gasteiger partial charge in [-0.15, -0.1) is 0 Å². The number of rotatable bonds is 3. The number of carbonyl (C=O) groups is 1. The van der Waals surface area contributed by atoms with Gasteiger partial charge in [0.15, 0.2) is 5.78 Å². The Morgan fingerprint density at radius 2 is 2.18 bits per heavy atom. The Hall–Kier alpha value is -2.04. The summed E-state index contributed by atoms with van der Waals surface area (Å²) >= 11 is 0. The predicted octanol–water partition coefficient (Wildman–Crippen LogP) is 2.12. The first-order valence-electron chi connectivity index (χ1n) is 5.46. The van der Waals surface area contributed by atoms with Crippen LogP contribution in [0.3, 0.4) is 0 Å². The lowest BCUT2D eigenvalue weighted by Gasteiger charge is -2.11. The van der Waals surface area contributed by atoms with E-state index in [0.717, 1.165) is 5.69 Å². The van der Waals surface area contributed by atoms with Gasteiger partial charge in [0.05, 0.1) is 11.3 Å². The van der Waals surface area contributed by atoms with Crippen molar-refractivity contribution >= 4 is 5.78 Å². The molecule has 0 atom stereocenters. The van der Waals surface area contributed by atoms with Gasteiger partial charge in [0.1, 0.15) is 12.0 Å². The zero-order valence-electron chi connectivity index (χ0n) is 10.1. The van der Waals surface area contributed by atoms with E-state index >= 15 is 0 Å². The van der Waals surface area contributed by atoms with E-state index in [0.29, 0.717) is 11.3 Å². The predicted molar refractivity (Wildman–Crippen MR) is 63.6 cm³/mol. The molecule has 5 heteroatoms. The number of ketones is 1. The molecule has 2 aromatic heterocycles. The Labute approximate surface area is 99.5 Å². The SMILES string of the molecule is CC(=O)c1cncnc1-c1ccnn1C(C)C. The standard InChI is InChI=1S/C12H14N4O/c1-8(2)16-11(4-5-15-16)12-10(9(3)17)6-13-7-14-12/h4-8H,1-3H3. The van der Waals surface area contributed by atoms with Gasteiger partial charge in [-0.1, -0.05) is 0 Å². The molecule has 0 aromatic carbocycles. The fraction of sp³-hybridized carbons (Fsp3) is 0.333. The average Bonchev–Trinajstić information content (AvgIpc) is 2.77. The third kappa shape index (κ3) is 2.08. The highest BCUT2D eigenvalue weighted by Crippen LogP contribution is 2.23. The van der Waals surface area contributed by atoms with Crippen molar-refractivity contribution in [3.05, 3.63) is 30.4 Å². The minimum atomic E-state index is -0.0443. The van der Waals surface area contributed by atoms with Crippen LogP contribution >= 0.6 is 0 Å². The number of aromatic nitrogens is 4. The molecule has 88 valence electrons. The molecular formula is C12H14N4O. The van der Waals surface area contributed by atoms with Crippen LogP contribution < -0.4 is 0 Å². The van der Waals surface area contributed by atoms with Crippen molar-refractivity contribution in [3.8, 4) is 11.4 Å². The molecule has 2 rings (SSSR count). The van der Waals surface area contributed by atoms with E-state index < -0.39 is 0 Å². The lowest BCUT2D eigenvalue weighted by Crippen LogP contribution is -2.08. The molecule has 0 bridgehead atoms. The first-order chi connectivity index (χ1) is 8.11. The Morgan fingerprint density at radius 3 is 2.82 bits per heavy atom. The summed E-state index contributed by atoms with van der Waals surface area (Å²) in [4.78, 5) is 19.6. The monoisotopic (exact) mass is 230 g/mol. The lowest BCUT2D eigenvalue weighted by molar-refractivity contribution is 0.101. The molecule has 0 saturated carbocycles. The fourth-order valence-corrected chi connectivity index (χ4v) is 1.70. The zero-order chi connectivity index (χ0) is 12.4. The minimum absolute atomic E-state index is 0.0443. The first kappa shape index (κ1) is 11.4. The van der Waals surface area contributed by atoms with E-state index in [1.807, 2.05) is 24.6 Å². The number of hydrogen-bond donors (Lipinski definition) is 0. The van der Waals surface area contributed by atoms with Gasteiger partial charge >= 0.3 is 0 Å². The summed E-state index contributed by atoms with van der Waals surface area (Å²) in [6.07, 6.45) is 4.70. The second kappa shape index (κ2) is 4.45. The van der Waals surface area contributed by atoms with Crippen LogP contribution in [0.1, 0.15) is 37.2 Å². The van der Waals surface area contributed by atoms with Crippen LogP contribution in [0.5, 0.6) is 0 Å². The number of nitrogens with zero attached hydrogens (tertiary/aromatic N) is 4. The van der Waals surface area contributed by atoms with Gasteiger partial charge in [-0.25, -0.2) is 9.97 Å². The summed E-state index contributed by atoms with van der Waals surface area (Å²) in [7, 11) is 0. The van der Waals surface area contributed by atoms with Gasteiger partial charge in [0, 0.05) is 18.4 Å². The van der Waals surface area contributed by atoms with Crippen LogP contribution in [0.2, 0.25) is 0 Å². The van der Waals surface area contributed by atoms with Crippen LogP contribution in [0.25, 0.3) is 11.4 Å². The average molecular weight is 230 g/mol. The normalized spacial score (nSPS) is 10.8. The summed E-state index contributed by atoms with van der Waals surface area (Å²) in [6.45, 7) is 5.58. The Balaban J connectivity index is 2.60. The molecule has 2 aromatic rings. The summed E-state index contributed by atoms with van der Waals surface area (Å²) in [5.74, 6) is -0.0443. The quantitative estimate of drug-likeness (QED) is 0.758. The molecule has 0 radical (unpaired) electrons. The van der Waals surface area contributed by atoms with Crippen molar-refractivity contribution in [1.29, 1.82) is 0 Å². The van der Waals surface area contributed by atoms with Crippen LogP contribution in [-0.4, -0.2) is 25.5 Å². The largest absolute Gasteiger partial charge is 0.294 e. The molecule has 5 nitrogen and oxygen atoms in total. The summed E-state index contributed by atoms with van der Waals surface area (Å²) in [5.41, 5.74) is 2.00. The summed E-state index contributed by atoms with van der Waals surface area (Å²) in [6, 6.07) is 2.07. The van der Waals surface area contributed by atoms with E-state index in [1.165, 1.54) is 13.3 Å². The van der Waals surface area contributed by atoms with E-state index in [2.05, 4.69) is 15.1 Å². The molecule has 0 aliphatic carbocycles. The topological polar surface area (TPSA) is 60.7 Å². The second-order valence-electron chi connectivity index (χ2n) is 4.10. The van der Waals surface area contributed by atoms with E-state index in [-0.39, 0.29) is 11.8 Å². The Bertz CT molecular complexity index is 545. The molecule has 0 aliphatic heterocycles. The van der Waals surface area contributed by atoms with Gasteiger partial charge in [0.25, 0.3) is 0 Å². The second-order valence-corrected chi connectivity index (χ2v) is 4.10. The Kier molecular flexibility index (Phi) is 2.99. The molecule has 17 heavy (non-hydrogen) atoms. The molecule has 0 unspecified atom stereocenters. The number of hydrogen-bond acceptors (Lipinski definition) is 4. The van der Waals surface area contributed by atoms with Crippen molar-refractivity contribution in [2.75, 3.05) is 0 Å². The molecule has 0 spiro atoms. The van der Waals surface area contributed by atoms with Gasteiger partial charge in [0.2, 0.25) is 0 Å². The van der Waals surface area contributed by atoms with Crippen LogP contribution in [-0.2, 0) is 0 Å². The van der Waals surface area contributed by atoms with Crippen LogP contribution in [0.15, 0.2) is 24.8 Å². The maximum Gasteiger partial charge on any atom is 0.163 e. The Morgan fingerprint density at radius 1 is 1.41 bits per heavy atom. The third-order valence-electron chi connectivity index (χ3n) is 2.49. The third-order valence-corrected chi connectivity index (χ3v) is 2.49. The van der Waals surface area contributed by atoms with Gasteiger partial charge in [-0.05, 0) is 26.8 Å². The van der Waals surface area contributed by atoms with E-state index in [4.69, 9.17) is 0 Å². The van der Waals surface area contributed by atoms with Crippen molar-refractivity contribution in [2.45, 2.75) is 26.8 Å². The van der Waals surface area contributed by atoms with E-state index in [1.54, 1.807) is 12.4 Å². The maximum absolute atomic E-state index is 11.5. The molecule has 0 aliphatic rings. The molecular weight excluding hydrogens is 216 g/mol. The molecule has 0 saturated heterocycles. The number of Topliss-reactive ketones (excluding diaryl/α,β-unsaturated/α-hetero) is 1. The highest BCUT2D eigenvalue weighted by Gasteiger charge is 2.15. The van der Waals surface area contributed by atoms with Gasteiger partial charge in [-0.3, -0.25) is 9.48 Å². The molecule has 2 heterocycles. The fourth-order valence-electron chi connectivity index (χ4n) is 1.70. The van der Waals surface area contributed by atoms with Crippen molar-refractivity contribution < 1.29 is 4.79 Å². The zero-order valence-corrected chi connectivity index (χ0v) is 10.1. The molecule has 0 fully saturated rings.